The second-order valence-corrected chi connectivity index (χ2v) is 5.42. The molecule has 1 aliphatic rings. The van der Waals surface area contributed by atoms with E-state index in [1.807, 2.05) is 0 Å². The normalized spacial score (nSPS) is 17.8. The Morgan fingerprint density at radius 2 is 2.25 bits per heavy atom. The lowest BCUT2D eigenvalue weighted by molar-refractivity contribution is 0.0697. The summed E-state index contributed by atoms with van der Waals surface area (Å²) in [6.07, 6.45) is 0.956. The van der Waals surface area contributed by atoms with Gasteiger partial charge in [0.1, 0.15) is 0 Å². The number of benzene rings is 1. The van der Waals surface area contributed by atoms with Crippen molar-refractivity contribution in [3.63, 3.8) is 0 Å². The summed E-state index contributed by atoms with van der Waals surface area (Å²) < 4.78 is 5.75. The van der Waals surface area contributed by atoms with Gasteiger partial charge in [-0.2, -0.15) is 0 Å². The van der Waals surface area contributed by atoms with Gasteiger partial charge in [0.2, 0.25) is 0 Å². The molecule has 1 atom stereocenters. The van der Waals surface area contributed by atoms with Crippen molar-refractivity contribution in [3.05, 3.63) is 28.2 Å². The van der Waals surface area contributed by atoms with E-state index in [0.29, 0.717) is 29.2 Å². The van der Waals surface area contributed by atoms with Crippen molar-refractivity contribution in [2.24, 2.45) is 5.92 Å². The molecular weight excluding hydrogens is 328 g/mol. The lowest BCUT2D eigenvalue weighted by Gasteiger charge is -2.12. The molecular formula is C13H15BrN2O4. The minimum absolute atomic E-state index is 0.158. The van der Waals surface area contributed by atoms with Crippen LogP contribution < -0.4 is 10.6 Å². The average Bonchev–Trinajstić information content (AvgIpc) is 2.91. The van der Waals surface area contributed by atoms with Crippen LogP contribution in [-0.4, -0.2) is 36.9 Å². The number of carboxylic acids is 1. The first-order valence-corrected chi connectivity index (χ1v) is 7.01. The summed E-state index contributed by atoms with van der Waals surface area (Å²) >= 11 is 3.24. The summed E-state index contributed by atoms with van der Waals surface area (Å²) in [7, 11) is 0. The molecule has 0 bridgehead atoms. The number of nitrogens with one attached hydrogen (secondary N) is 2. The number of amides is 2. The molecule has 20 heavy (non-hydrogen) atoms. The smallest absolute Gasteiger partial charge is 0.335 e. The molecule has 1 aromatic carbocycles. The fourth-order valence-corrected chi connectivity index (χ4v) is 2.38. The van der Waals surface area contributed by atoms with Crippen LogP contribution in [0.5, 0.6) is 0 Å². The fourth-order valence-electron chi connectivity index (χ4n) is 1.90. The molecule has 2 amide bonds. The standard InChI is InChI=1S/C13H15BrN2O4/c14-10-5-9(12(17)18)1-2-11(10)16-13(19)15-6-8-3-4-20-7-8/h1-2,5,8H,3-4,6-7H2,(H,17,18)(H2,15,16,19). The maximum absolute atomic E-state index is 11.7. The van der Waals surface area contributed by atoms with Crippen LogP contribution in [0.25, 0.3) is 0 Å². The number of carbonyl (C=O) groups excluding carboxylic acids is 1. The van der Waals surface area contributed by atoms with E-state index in [9.17, 15) is 9.59 Å². The predicted octanol–water partition coefficient (Wildman–Crippen LogP) is 2.31. The molecule has 1 aromatic rings. The maximum Gasteiger partial charge on any atom is 0.335 e. The van der Waals surface area contributed by atoms with Crippen LogP contribution in [-0.2, 0) is 4.74 Å². The van der Waals surface area contributed by atoms with Crippen LogP contribution in [0.1, 0.15) is 16.8 Å². The van der Waals surface area contributed by atoms with E-state index in [0.717, 1.165) is 13.0 Å². The third-order valence-electron chi connectivity index (χ3n) is 3.04. The van der Waals surface area contributed by atoms with Crippen molar-refractivity contribution < 1.29 is 19.4 Å². The lowest BCUT2D eigenvalue weighted by atomic mass is 10.1. The van der Waals surface area contributed by atoms with Crippen molar-refractivity contribution in [2.75, 3.05) is 25.1 Å². The lowest BCUT2D eigenvalue weighted by Crippen LogP contribution is -2.33. The quantitative estimate of drug-likeness (QED) is 0.783. The van der Waals surface area contributed by atoms with E-state index in [4.69, 9.17) is 9.84 Å². The molecule has 1 saturated heterocycles. The summed E-state index contributed by atoms with van der Waals surface area (Å²) in [6, 6.07) is 4.11. The van der Waals surface area contributed by atoms with E-state index in [1.165, 1.54) is 12.1 Å². The van der Waals surface area contributed by atoms with Gasteiger partial charge in [0.25, 0.3) is 0 Å². The number of ether oxygens (including phenoxy) is 1. The number of carboxylic acid groups (broad SMARTS) is 1. The first-order valence-electron chi connectivity index (χ1n) is 6.21. The van der Waals surface area contributed by atoms with Gasteiger partial charge in [0, 0.05) is 23.5 Å². The SMILES string of the molecule is O=C(NCC1CCOC1)Nc1ccc(C(=O)O)cc1Br. The summed E-state index contributed by atoms with van der Waals surface area (Å²) in [5.41, 5.74) is 0.682. The first kappa shape index (κ1) is 14.8. The number of urea groups is 1. The highest BCUT2D eigenvalue weighted by molar-refractivity contribution is 9.10. The van der Waals surface area contributed by atoms with E-state index in [1.54, 1.807) is 6.07 Å². The zero-order valence-corrected chi connectivity index (χ0v) is 12.3. The van der Waals surface area contributed by atoms with Crippen LogP contribution in [0.4, 0.5) is 10.5 Å². The maximum atomic E-state index is 11.7. The Hall–Kier alpha value is -1.60. The Bertz CT molecular complexity index is 515. The number of carbonyl (C=O) groups is 2. The molecule has 108 valence electrons. The van der Waals surface area contributed by atoms with Gasteiger partial charge < -0.3 is 20.5 Å². The molecule has 0 radical (unpaired) electrons. The zero-order chi connectivity index (χ0) is 14.5. The van der Waals surface area contributed by atoms with Gasteiger partial charge in [-0.25, -0.2) is 9.59 Å². The minimum atomic E-state index is -1.01. The van der Waals surface area contributed by atoms with Crippen molar-refractivity contribution >= 4 is 33.6 Å². The molecule has 0 aromatic heterocycles. The molecule has 3 N–H and O–H groups in total. The number of anilines is 1. The second kappa shape index (κ2) is 6.71. The number of halogens is 1. The molecule has 0 saturated carbocycles. The fraction of sp³-hybridized carbons (Fsp3) is 0.385. The summed E-state index contributed by atoms with van der Waals surface area (Å²) in [6.45, 7) is 1.99. The number of hydrogen-bond acceptors (Lipinski definition) is 3. The van der Waals surface area contributed by atoms with Gasteiger partial charge in [-0.3, -0.25) is 0 Å². The Morgan fingerprint density at radius 3 is 2.85 bits per heavy atom. The number of rotatable bonds is 4. The van der Waals surface area contributed by atoms with E-state index < -0.39 is 5.97 Å². The van der Waals surface area contributed by atoms with E-state index >= 15 is 0 Å². The van der Waals surface area contributed by atoms with Gasteiger partial charge in [-0.15, -0.1) is 0 Å². The highest BCUT2D eigenvalue weighted by Crippen LogP contribution is 2.23. The Morgan fingerprint density at radius 1 is 1.45 bits per heavy atom. The van der Waals surface area contributed by atoms with Crippen molar-refractivity contribution in [1.82, 2.24) is 5.32 Å². The van der Waals surface area contributed by atoms with Crippen molar-refractivity contribution in [1.29, 1.82) is 0 Å². The van der Waals surface area contributed by atoms with Crippen molar-refractivity contribution in [3.8, 4) is 0 Å². The summed E-state index contributed by atoms with van der Waals surface area (Å²) in [4.78, 5) is 22.5. The molecule has 1 unspecified atom stereocenters. The predicted molar refractivity (Wildman–Crippen MR) is 77.0 cm³/mol. The third kappa shape index (κ3) is 3.94. The molecule has 0 aliphatic carbocycles. The van der Waals surface area contributed by atoms with Gasteiger partial charge >= 0.3 is 12.0 Å². The summed E-state index contributed by atoms with van der Waals surface area (Å²) in [5, 5.41) is 14.3. The molecule has 7 heteroatoms. The zero-order valence-electron chi connectivity index (χ0n) is 10.7. The van der Waals surface area contributed by atoms with Crippen LogP contribution in [0.3, 0.4) is 0 Å². The van der Waals surface area contributed by atoms with Gasteiger partial charge in [-0.05, 0) is 40.5 Å². The van der Waals surface area contributed by atoms with Crippen LogP contribution >= 0.6 is 15.9 Å². The van der Waals surface area contributed by atoms with Crippen LogP contribution in [0.15, 0.2) is 22.7 Å². The Labute approximate surface area is 124 Å². The highest BCUT2D eigenvalue weighted by atomic mass is 79.9. The van der Waals surface area contributed by atoms with Crippen LogP contribution in [0.2, 0.25) is 0 Å². The van der Waals surface area contributed by atoms with Gasteiger partial charge in [0.15, 0.2) is 0 Å². The minimum Gasteiger partial charge on any atom is -0.478 e. The topological polar surface area (TPSA) is 87.7 Å². The Kier molecular flexibility index (Phi) is 4.97. The molecule has 1 heterocycles. The van der Waals surface area contributed by atoms with Gasteiger partial charge in [0.05, 0.1) is 17.9 Å². The second-order valence-electron chi connectivity index (χ2n) is 4.56. The van der Waals surface area contributed by atoms with Gasteiger partial charge in [-0.1, -0.05) is 0 Å². The largest absolute Gasteiger partial charge is 0.478 e. The summed E-state index contributed by atoms with van der Waals surface area (Å²) in [5.74, 6) is -0.651. The molecule has 0 spiro atoms. The monoisotopic (exact) mass is 342 g/mol. The highest BCUT2D eigenvalue weighted by Gasteiger charge is 2.16. The van der Waals surface area contributed by atoms with E-state index in [2.05, 4.69) is 26.6 Å². The van der Waals surface area contributed by atoms with Crippen LogP contribution in [0, 0.1) is 5.92 Å². The average molecular weight is 343 g/mol. The molecule has 1 fully saturated rings. The molecule has 1 aliphatic heterocycles. The Balaban J connectivity index is 1.88. The van der Waals surface area contributed by atoms with Crippen molar-refractivity contribution in [2.45, 2.75) is 6.42 Å². The number of hydrogen-bond donors (Lipinski definition) is 3. The molecule has 2 rings (SSSR count). The number of aromatic carboxylic acids is 1. The first-order chi connectivity index (χ1) is 9.56. The third-order valence-corrected chi connectivity index (χ3v) is 3.70. The van der Waals surface area contributed by atoms with E-state index in [-0.39, 0.29) is 11.6 Å². The molecule has 6 nitrogen and oxygen atoms in total.